The van der Waals surface area contributed by atoms with E-state index >= 15 is 0 Å². The van der Waals surface area contributed by atoms with Gasteiger partial charge < -0.3 is 0 Å². The summed E-state index contributed by atoms with van der Waals surface area (Å²) in [6.07, 6.45) is 3.08. The molecule has 0 saturated heterocycles. The lowest BCUT2D eigenvalue weighted by Gasteiger charge is -2.09. The third kappa shape index (κ3) is 4.06. The van der Waals surface area contributed by atoms with Crippen LogP contribution in [0, 0.1) is 0 Å². The van der Waals surface area contributed by atoms with Gasteiger partial charge in [-0.1, -0.05) is 61.5 Å². The zero-order valence-corrected chi connectivity index (χ0v) is 11.4. The number of ketones is 1. The molecule has 0 aliphatic heterocycles. The molecule has 2 rings (SSSR count). The van der Waals surface area contributed by atoms with Crippen molar-refractivity contribution >= 4 is 5.78 Å². The number of hydrogen-bond donors (Lipinski definition) is 0. The van der Waals surface area contributed by atoms with E-state index < -0.39 is 0 Å². The number of Topliss-reactive ketones (excluding diaryl/α,β-unsaturated/α-hetero) is 1. The van der Waals surface area contributed by atoms with Crippen molar-refractivity contribution in [1.29, 1.82) is 0 Å². The van der Waals surface area contributed by atoms with Crippen LogP contribution in [0.4, 0.5) is 0 Å². The molecule has 0 fully saturated rings. The van der Waals surface area contributed by atoms with Gasteiger partial charge in [0.2, 0.25) is 0 Å². The van der Waals surface area contributed by atoms with Crippen LogP contribution in [-0.4, -0.2) is 5.78 Å². The van der Waals surface area contributed by atoms with Gasteiger partial charge in [-0.15, -0.1) is 0 Å². The second-order valence-electron chi connectivity index (χ2n) is 4.90. The predicted octanol–water partition coefficient (Wildman–Crippen LogP) is 4.19. The van der Waals surface area contributed by atoms with E-state index in [0.717, 1.165) is 12.8 Å². The minimum Gasteiger partial charge on any atom is -0.299 e. The van der Waals surface area contributed by atoms with E-state index in [2.05, 4.69) is 36.4 Å². The van der Waals surface area contributed by atoms with Crippen molar-refractivity contribution in [2.75, 3.05) is 0 Å². The smallest absolute Gasteiger partial charge is 0.137 e. The number of rotatable bonds is 6. The van der Waals surface area contributed by atoms with Crippen molar-refractivity contribution in [3.05, 3.63) is 71.3 Å². The summed E-state index contributed by atoms with van der Waals surface area (Å²) < 4.78 is 0. The van der Waals surface area contributed by atoms with Crippen LogP contribution in [0.15, 0.2) is 54.6 Å². The van der Waals surface area contributed by atoms with Gasteiger partial charge in [0, 0.05) is 12.8 Å². The van der Waals surface area contributed by atoms with Crippen LogP contribution in [0.5, 0.6) is 0 Å². The molecular formula is C18H20O. The highest BCUT2D eigenvalue weighted by atomic mass is 16.1. The molecule has 2 aromatic carbocycles. The monoisotopic (exact) mass is 252 g/mol. The highest BCUT2D eigenvalue weighted by Gasteiger charge is 2.07. The van der Waals surface area contributed by atoms with Crippen molar-refractivity contribution < 1.29 is 4.79 Å². The Morgan fingerprint density at radius 1 is 0.895 bits per heavy atom. The third-order valence-electron chi connectivity index (χ3n) is 3.27. The van der Waals surface area contributed by atoms with E-state index in [9.17, 15) is 4.79 Å². The first-order chi connectivity index (χ1) is 9.29. The second-order valence-corrected chi connectivity index (χ2v) is 4.90. The lowest BCUT2D eigenvalue weighted by atomic mass is 9.96. The van der Waals surface area contributed by atoms with Crippen LogP contribution in [0.3, 0.4) is 0 Å². The average molecular weight is 252 g/mol. The van der Waals surface area contributed by atoms with Gasteiger partial charge >= 0.3 is 0 Å². The zero-order chi connectivity index (χ0) is 13.5. The number of hydrogen-bond acceptors (Lipinski definition) is 1. The molecule has 0 amide bonds. The standard InChI is InChI=1S/C18H20O/c1-2-8-18(19)14-17-12-7-6-11-16(17)13-15-9-4-3-5-10-15/h3-7,9-12H,2,8,13-14H2,1H3. The summed E-state index contributed by atoms with van der Waals surface area (Å²) in [5.41, 5.74) is 3.72. The molecule has 98 valence electrons. The van der Waals surface area contributed by atoms with Gasteiger partial charge in [0.05, 0.1) is 0 Å². The fourth-order valence-corrected chi connectivity index (χ4v) is 2.30. The van der Waals surface area contributed by atoms with Crippen molar-refractivity contribution in [2.24, 2.45) is 0 Å². The van der Waals surface area contributed by atoms with E-state index in [1.54, 1.807) is 0 Å². The minimum absolute atomic E-state index is 0.336. The molecule has 1 heteroatoms. The third-order valence-corrected chi connectivity index (χ3v) is 3.27. The summed E-state index contributed by atoms with van der Waals surface area (Å²) in [5.74, 6) is 0.336. The lowest BCUT2D eigenvalue weighted by Crippen LogP contribution is -2.05. The fourth-order valence-electron chi connectivity index (χ4n) is 2.30. The SMILES string of the molecule is CCCC(=O)Cc1ccccc1Cc1ccccc1. The summed E-state index contributed by atoms with van der Waals surface area (Å²) in [6, 6.07) is 18.7. The maximum Gasteiger partial charge on any atom is 0.137 e. The van der Waals surface area contributed by atoms with Crippen LogP contribution in [0.25, 0.3) is 0 Å². The van der Waals surface area contributed by atoms with Gasteiger partial charge in [0.1, 0.15) is 5.78 Å². The summed E-state index contributed by atoms with van der Waals surface area (Å²) in [6.45, 7) is 2.05. The van der Waals surface area contributed by atoms with Crippen LogP contribution < -0.4 is 0 Å². The largest absolute Gasteiger partial charge is 0.299 e. The second kappa shape index (κ2) is 6.89. The number of carbonyl (C=O) groups is 1. The summed E-state index contributed by atoms with van der Waals surface area (Å²) in [5, 5.41) is 0. The Balaban J connectivity index is 2.14. The average Bonchev–Trinajstić information content (AvgIpc) is 2.42. The van der Waals surface area contributed by atoms with Gasteiger partial charge in [0.15, 0.2) is 0 Å². The van der Waals surface area contributed by atoms with E-state index in [1.165, 1.54) is 16.7 Å². The van der Waals surface area contributed by atoms with E-state index in [0.29, 0.717) is 18.6 Å². The number of carbonyl (C=O) groups excluding carboxylic acids is 1. The van der Waals surface area contributed by atoms with Gasteiger partial charge in [-0.05, 0) is 29.5 Å². The van der Waals surface area contributed by atoms with E-state index in [-0.39, 0.29) is 0 Å². The number of benzene rings is 2. The first kappa shape index (κ1) is 13.5. The molecule has 0 radical (unpaired) electrons. The fraction of sp³-hybridized carbons (Fsp3) is 0.278. The molecular weight excluding hydrogens is 232 g/mol. The summed E-state index contributed by atoms with van der Waals surface area (Å²) in [4.78, 5) is 11.8. The molecule has 0 bridgehead atoms. The maximum atomic E-state index is 11.8. The Labute approximate surface area is 115 Å². The molecule has 0 aliphatic carbocycles. The van der Waals surface area contributed by atoms with Gasteiger partial charge in [-0.3, -0.25) is 4.79 Å². The molecule has 1 nitrogen and oxygen atoms in total. The molecule has 0 unspecified atom stereocenters. The molecule has 0 aliphatic rings. The molecule has 0 N–H and O–H groups in total. The Morgan fingerprint density at radius 3 is 2.21 bits per heavy atom. The van der Waals surface area contributed by atoms with Crippen molar-refractivity contribution in [3.8, 4) is 0 Å². The maximum absolute atomic E-state index is 11.8. The normalized spacial score (nSPS) is 10.4. The minimum atomic E-state index is 0.336. The van der Waals surface area contributed by atoms with Crippen LogP contribution >= 0.6 is 0 Å². The van der Waals surface area contributed by atoms with Gasteiger partial charge in [0.25, 0.3) is 0 Å². The van der Waals surface area contributed by atoms with Gasteiger partial charge in [-0.2, -0.15) is 0 Å². The van der Waals surface area contributed by atoms with Crippen molar-refractivity contribution in [3.63, 3.8) is 0 Å². The van der Waals surface area contributed by atoms with E-state index in [4.69, 9.17) is 0 Å². The molecule has 0 spiro atoms. The van der Waals surface area contributed by atoms with E-state index in [1.807, 2.05) is 25.1 Å². The predicted molar refractivity (Wildman–Crippen MR) is 79.3 cm³/mol. The van der Waals surface area contributed by atoms with Gasteiger partial charge in [-0.25, -0.2) is 0 Å². The highest BCUT2D eigenvalue weighted by molar-refractivity contribution is 5.81. The highest BCUT2D eigenvalue weighted by Crippen LogP contribution is 2.16. The zero-order valence-electron chi connectivity index (χ0n) is 11.4. The molecule has 0 atom stereocenters. The van der Waals surface area contributed by atoms with Crippen molar-refractivity contribution in [2.45, 2.75) is 32.6 Å². The first-order valence-electron chi connectivity index (χ1n) is 6.92. The summed E-state index contributed by atoms with van der Waals surface area (Å²) >= 11 is 0. The molecule has 0 aromatic heterocycles. The Hall–Kier alpha value is -1.89. The molecule has 2 aromatic rings. The first-order valence-corrected chi connectivity index (χ1v) is 6.92. The molecule has 0 heterocycles. The lowest BCUT2D eigenvalue weighted by molar-refractivity contribution is -0.118. The quantitative estimate of drug-likeness (QED) is 0.753. The molecule has 19 heavy (non-hydrogen) atoms. The van der Waals surface area contributed by atoms with Crippen LogP contribution in [0.1, 0.15) is 36.5 Å². The topological polar surface area (TPSA) is 17.1 Å². The Bertz CT molecular complexity index is 528. The Kier molecular flexibility index (Phi) is 4.91. The Morgan fingerprint density at radius 2 is 1.53 bits per heavy atom. The van der Waals surface area contributed by atoms with Crippen molar-refractivity contribution in [1.82, 2.24) is 0 Å². The van der Waals surface area contributed by atoms with Crippen LogP contribution in [0.2, 0.25) is 0 Å². The van der Waals surface area contributed by atoms with Crippen LogP contribution in [-0.2, 0) is 17.6 Å². The summed E-state index contributed by atoms with van der Waals surface area (Å²) in [7, 11) is 0. The molecule has 0 saturated carbocycles.